The van der Waals surface area contributed by atoms with E-state index in [1.54, 1.807) is 0 Å². The monoisotopic (exact) mass is 267 g/mol. The number of nitrogens with two attached hydrogens (primary N) is 1. The van der Waals surface area contributed by atoms with Crippen LogP contribution in [0.2, 0.25) is 0 Å². The highest BCUT2D eigenvalue weighted by molar-refractivity contribution is 4.83. The molecule has 1 saturated carbocycles. The smallest absolute Gasteiger partial charge is 0.00795 e. The summed E-state index contributed by atoms with van der Waals surface area (Å²) in [5.74, 6) is 2.50. The fourth-order valence-corrected chi connectivity index (χ4v) is 3.89. The molecule has 2 aliphatic rings. The van der Waals surface area contributed by atoms with E-state index in [1.807, 2.05) is 0 Å². The molecule has 0 radical (unpaired) electrons. The third kappa shape index (κ3) is 4.73. The number of hydrogen-bond donors (Lipinski definition) is 1. The molecule has 3 atom stereocenters. The minimum Gasteiger partial charge on any atom is -0.327 e. The lowest BCUT2D eigenvalue weighted by Crippen LogP contribution is -2.43. The van der Waals surface area contributed by atoms with Crippen LogP contribution in [-0.4, -0.2) is 56.1 Å². The number of rotatable bonds is 4. The molecule has 0 amide bonds. The van der Waals surface area contributed by atoms with Gasteiger partial charge in [-0.05, 0) is 77.0 Å². The molecule has 19 heavy (non-hydrogen) atoms. The van der Waals surface area contributed by atoms with Crippen molar-refractivity contribution in [3.8, 4) is 0 Å². The Bertz CT molecular complexity index is 261. The second-order valence-corrected chi connectivity index (χ2v) is 7.31. The predicted octanol–water partition coefficient (Wildman–Crippen LogP) is 2.02. The number of nitrogens with zero attached hydrogens (tertiary/aromatic N) is 2. The molecule has 2 rings (SSSR count). The number of likely N-dealkylation sites (tertiary alicyclic amines) is 1. The highest BCUT2D eigenvalue weighted by Gasteiger charge is 2.27. The molecular formula is C16H33N3. The maximum absolute atomic E-state index is 6.31. The maximum atomic E-state index is 6.31. The van der Waals surface area contributed by atoms with E-state index in [4.69, 9.17) is 5.73 Å². The summed E-state index contributed by atoms with van der Waals surface area (Å²) in [4.78, 5) is 5.01. The summed E-state index contributed by atoms with van der Waals surface area (Å²) < 4.78 is 0. The van der Waals surface area contributed by atoms with Crippen molar-refractivity contribution in [1.82, 2.24) is 9.80 Å². The minimum absolute atomic E-state index is 0.441. The zero-order chi connectivity index (χ0) is 13.8. The van der Waals surface area contributed by atoms with Gasteiger partial charge in [0, 0.05) is 19.1 Å². The van der Waals surface area contributed by atoms with Gasteiger partial charge in [-0.2, -0.15) is 0 Å². The average Bonchev–Trinajstić information content (AvgIpc) is 2.37. The van der Waals surface area contributed by atoms with Gasteiger partial charge in [-0.1, -0.05) is 6.92 Å². The SMILES string of the molecule is CC1CCC(N)C(CN(C)CC2CCN(C)CC2)C1. The molecule has 0 aromatic heterocycles. The molecule has 1 heterocycles. The van der Waals surface area contributed by atoms with Gasteiger partial charge >= 0.3 is 0 Å². The summed E-state index contributed by atoms with van der Waals surface area (Å²) in [6, 6.07) is 0.441. The topological polar surface area (TPSA) is 32.5 Å². The molecule has 0 aromatic rings. The van der Waals surface area contributed by atoms with Crippen molar-refractivity contribution in [1.29, 1.82) is 0 Å². The first-order valence-corrected chi connectivity index (χ1v) is 8.17. The molecule has 3 heteroatoms. The highest BCUT2D eigenvalue weighted by atomic mass is 15.1. The summed E-state index contributed by atoms with van der Waals surface area (Å²) in [6.07, 6.45) is 6.63. The fourth-order valence-electron chi connectivity index (χ4n) is 3.89. The van der Waals surface area contributed by atoms with Crippen LogP contribution in [-0.2, 0) is 0 Å². The Labute approximate surface area is 119 Å². The largest absolute Gasteiger partial charge is 0.327 e. The summed E-state index contributed by atoms with van der Waals surface area (Å²) in [6.45, 7) is 7.41. The lowest BCUT2D eigenvalue weighted by atomic mass is 9.79. The molecule has 2 fully saturated rings. The first kappa shape index (κ1) is 15.3. The van der Waals surface area contributed by atoms with E-state index >= 15 is 0 Å². The summed E-state index contributed by atoms with van der Waals surface area (Å²) in [5.41, 5.74) is 6.31. The highest BCUT2D eigenvalue weighted by Crippen LogP contribution is 2.28. The van der Waals surface area contributed by atoms with E-state index < -0.39 is 0 Å². The summed E-state index contributed by atoms with van der Waals surface area (Å²) in [7, 11) is 4.53. The average molecular weight is 267 g/mol. The molecule has 0 spiro atoms. The number of hydrogen-bond acceptors (Lipinski definition) is 3. The lowest BCUT2D eigenvalue weighted by molar-refractivity contribution is 0.140. The van der Waals surface area contributed by atoms with Gasteiger partial charge in [0.05, 0.1) is 0 Å². The van der Waals surface area contributed by atoms with Crippen molar-refractivity contribution in [2.24, 2.45) is 23.5 Å². The van der Waals surface area contributed by atoms with Crippen LogP contribution in [0.5, 0.6) is 0 Å². The Morgan fingerprint density at radius 2 is 1.79 bits per heavy atom. The first-order valence-electron chi connectivity index (χ1n) is 8.17. The van der Waals surface area contributed by atoms with Gasteiger partial charge in [0.25, 0.3) is 0 Å². The molecule has 112 valence electrons. The van der Waals surface area contributed by atoms with Gasteiger partial charge < -0.3 is 15.5 Å². The van der Waals surface area contributed by atoms with Crippen LogP contribution in [0.15, 0.2) is 0 Å². The zero-order valence-electron chi connectivity index (χ0n) is 13.1. The van der Waals surface area contributed by atoms with Gasteiger partial charge in [0.1, 0.15) is 0 Å². The minimum atomic E-state index is 0.441. The Morgan fingerprint density at radius 3 is 2.47 bits per heavy atom. The van der Waals surface area contributed by atoms with Crippen molar-refractivity contribution < 1.29 is 0 Å². The first-order chi connectivity index (χ1) is 9.04. The molecule has 2 N–H and O–H groups in total. The maximum Gasteiger partial charge on any atom is 0.00795 e. The van der Waals surface area contributed by atoms with Crippen LogP contribution in [0.1, 0.15) is 39.0 Å². The third-order valence-electron chi connectivity index (χ3n) is 5.26. The Kier molecular flexibility index (Phi) is 5.67. The zero-order valence-corrected chi connectivity index (χ0v) is 13.1. The molecule has 3 nitrogen and oxygen atoms in total. The molecule has 1 aliphatic carbocycles. The normalized spacial score (nSPS) is 34.9. The van der Waals surface area contributed by atoms with E-state index in [0.29, 0.717) is 6.04 Å². The van der Waals surface area contributed by atoms with E-state index in [0.717, 1.165) is 17.8 Å². The van der Waals surface area contributed by atoms with E-state index in [-0.39, 0.29) is 0 Å². The van der Waals surface area contributed by atoms with Crippen LogP contribution >= 0.6 is 0 Å². The molecule has 3 unspecified atom stereocenters. The summed E-state index contributed by atoms with van der Waals surface area (Å²) in [5, 5.41) is 0. The van der Waals surface area contributed by atoms with Gasteiger partial charge in [-0.3, -0.25) is 0 Å². The molecule has 0 aromatic carbocycles. The van der Waals surface area contributed by atoms with Crippen molar-refractivity contribution in [2.75, 3.05) is 40.3 Å². The molecule has 1 saturated heterocycles. The van der Waals surface area contributed by atoms with Gasteiger partial charge in [0.15, 0.2) is 0 Å². The van der Waals surface area contributed by atoms with Gasteiger partial charge in [-0.25, -0.2) is 0 Å². The van der Waals surface area contributed by atoms with Crippen molar-refractivity contribution in [3.63, 3.8) is 0 Å². The fraction of sp³-hybridized carbons (Fsp3) is 1.00. The third-order valence-corrected chi connectivity index (χ3v) is 5.26. The van der Waals surface area contributed by atoms with Gasteiger partial charge in [0.2, 0.25) is 0 Å². The summed E-state index contributed by atoms with van der Waals surface area (Å²) >= 11 is 0. The number of piperidine rings is 1. The molecular weight excluding hydrogens is 234 g/mol. The van der Waals surface area contributed by atoms with Gasteiger partial charge in [-0.15, -0.1) is 0 Å². The van der Waals surface area contributed by atoms with Crippen molar-refractivity contribution in [2.45, 2.75) is 45.1 Å². The van der Waals surface area contributed by atoms with Crippen molar-refractivity contribution >= 4 is 0 Å². The van der Waals surface area contributed by atoms with E-state index in [1.165, 1.54) is 58.3 Å². The standard InChI is InChI=1S/C16H33N3/c1-13-4-5-16(17)15(10-13)12-19(3)11-14-6-8-18(2)9-7-14/h13-16H,4-12,17H2,1-3H3. The van der Waals surface area contributed by atoms with Crippen LogP contribution in [0.3, 0.4) is 0 Å². The van der Waals surface area contributed by atoms with Crippen LogP contribution < -0.4 is 5.73 Å². The second-order valence-electron chi connectivity index (χ2n) is 7.31. The predicted molar refractivity (Wildman–Crippen MR) is 82.2 cm³/mol. The van der Waals surface area contributed by atoms with Crippen molar-refractivity contribution in [3.05, 3.63) is 0 Å². The van der Waals surface area contributed by atoms with Crippen LogP contribution in [0, 0.1) is 17.8 Å². The molecule has 0 bridgehead atoms. The second kappa shape index (κ2) is 7.05. The Balaban J connectivity index is 1.72. The van der Waals surface area contributed by atoms with Crippen LogP contribution in [0.4, 0.5) is 0 Å². The van der Waals surface area contributed by atoms with E-state index in [2.05, 4.69) is 30.8 Å². The Morgan fingerprint density at radius 1 is 1.11 bits per heavy atom. The van der Waals surface area contributed by atoms with Crippen LogP contribution in [0.25, 0.3) is 0 Å². The quantitative estimate of drug-likeness (QED) is 0.846. The van der Waals surface area contributed by atoms with E-state index in [9.17, 15) is 0 Å². The molecule has 1 aliphatic heterocycles. The lowest BCUT2D eigenvalue weighted by Gasteiger charge is -2.37. The Hall–Kier alpha value is -0.120.